The highest BCUT2D eigenvalue weighted by atomic mass is 16.3. The molecule has 0 radical (unpaired) electrons. The van der Waals surface area contributed by atoms with Crippen molar-refractivity contribution in [1.29, 1.82) is 0 Å². The van der Waals surface area contributed by atoms with Gasteiger partial charge in [0.1, 0.15) is 12.2 Å². The van der Waals surface area contributed by atoms with Crippen molar-refractivity contribution in [3.8, 4) is 0 Å². The van der Waals surface area contributed by atoms with Gasteiger partial charge in [0.15, 0.2) is 0 Å². The van der Waals surface area contributed by atoms with Gasteiger partial charge < -0.3 is 15.0 Å². The average molecular weight is 198 g/mol. The van der Waals surface area contributed by atoms with E-state index in [0.717, 1.165) is 5.82 Å². The van der Waals surface area contributed by atoms with Crippen LogP contribution < -0.4 is 5.32 Å². The van der Waals surface area contributed by atoms with Crippen LogP contribution in [0.1, 0.15) is 19.7 Å². The van der Waals surface area contributed by atoms with Gasteiger partial charge in [-0.15, -0.1) is 10.2 Å². The van der Waals surface area contributed by atoms with Crippen molar-refractivity contribution in [2.24, 2.45) is 13.0 Å². The lowest BCUT2D eigenvalue weighted by Crippen LogP contribution is -2.30. The third-order valence-electron chi connectivity index (χ3n) is 2.21. The van der Waals surface area contributed by atoms with Crippen LogP contribution in [0.4, 0.5) is 0 Å². The smallest absolute Gasteiger partial charge is 0.146 e. The summed E-state index contributed by atoms with van der Waals surface area (Å²) in [5.74, 6) is 1.16. The third kappa shape index (κ3) is 3.08. The Kier molecular flexibility index (Phi) is 4.03. The Morgan fingerprint density at radius 2 is 2.29 bits per heavy atom. The topological polar surface area (TPSA) is 63.0 Å². The fourth-order valence-corrected chi connectivity index (χ4v) is 1.03. The molecule has 0 bridgehead atoms. The molecule has 1 unspecified atom stereocenters. The van der Waals surface area contributed by atoms with Crippen LogP contribution in [0, 0.1) is 5.92 Å². The fourth-order valence-electron chi connectivity index (χ4n) is 1.03. The van der Waals surface area contributed by atoms with Gasteiger partial charge in [-0.1, -0.05) is 13.8 Å². The van der Waals surface area contributed by atoms with E-state index in [0.29, 0.717) is 13.1 Å². The number of hydrogen-bond acceptors (Lipinski definition) is 4. The largest absolute Gasteiger partial charge is 0.392 e. The first kappa shape index (κ1) is 11.1. The van der Waals surface area contributed by atoms with Crippen LogP contribution in [0.3, 0.4) is 0 Å². The maximum Gasteiger partial charge on any atom is 0.146 e. The van der Waals surface area contributed by atoms with Gasteiger partial charge in [0.2, 0.25) is 0 Å². The van der Waals surface area contributed by atoms with Gasteiger partial charge in [-0.25, -0.2) is 0 Å². The second-order valence-corrected chi connectivity index (χ2v) is 3.80. The van der Waals surface area contributed by atoms with E-state index in [9.17, 15) is 5.11 Å². The lowest BCUT2D eigenvalue weighted by atomic mass is 10.1. The van der Waals surface area contributed by atoms with Gasteiger partial charge >= 0.3 is 0 Å². The number of nitrogens with one attached hydrogen (secondary N) is 1. The van der Waals surface area contributed by atoms with Crippen molar-refractivity contribution in [3.63, 3.8) is 0 Å². The standard InChI is InChI=1S/C9H18N4O/c1-7(2)8(14)4-10-5-9-12-11-6-13(9)3/h6-8,10,14H,4-5H2,1-3H3. The zero-order valence-electron chi connectivity index (χ0n) is 8.94. The van der Waals surface area contributed by atoms with Gasteiger partial charge in [0.05, 0.1) is 12.6 Å². The summed E-state index contributed by atoms with van der Waals surface area (Å²) in [5, 5.41) is 20.3. The number of aliphatic hydroxyl groups excluding tert-OH is 1. The van der Waals surface area contributed by atoms with E-state index in [4.69, 9.17) is 0 Å². The van der Waals surface area contributed by atoms with Crippen molar-refractivity contribution in [2.75, 3.05) is 6.54 Å². The van der Waals surface area contributed by atoms with Crippen LogP contribution in [0.5, 0.6) is 0 Å². The number of aryl methyl sites for hydroxylation is 1. The Balaban J connectivity index is 2.25. The molecule has 0 aliphatic heterocycles. The van der Waals surface area contributed by atoms with Crippen LogP contribution in [0.25, 0.3) is 0 Å². The SMILES string of the molecule is CC(C)C(O)CNCc1nncn1C. The molecule has 0 saturated heterocycles. The predicted molar refractivity (Wildman–Crippen MR) is 53.6 cm³/mol. The highest BCUT2D eigenvalue weighted by Gasteiger charge is 2.08. The minimum atomic E-state index is -0.303. The Bertz CT molecular complexity index is 272. The van der Waals surface area contributed by atoms with Crippen molar-refractivity contribution < 1.29 is 5.11 Å². The summed E-state index contributed by atoms with van der Waals surface area (Å²) in [5.41, 5.74) is 0. The lowest BCUT2D eigenvalue weighted by molar-refractivity contribution is 0.123. The fraction of sp³-hybridized carbons (Fsp3) is 0.778. The highest BCUT2D eigenvalue weighted by Crippen LogP contribution is 1.99. The van der Waals surface area contributed by atoms with E-state index in [1.54, 1.807) is 6.33 Å². The molecule has 80 valence electrons. The van der Waals surface area contributed by atoms with Crippen molar-refractivity contribution in [2.45, 2.75) is 26.5 Å². The van der Waals surface area contributed by atoms with Gasteiger partial charge in [0, 0.05) is 13.6 Å². The van der Waals surface area contributed by atoms with Crippen LogP contribution in [0.15, 0.2) is 6.33 Å². The number of nitrogens with zero attached hydrogens (tertiary/aromatic N) is 3. The number of aromatic nitrogens is 3. The minimum Gasteiger partial charge on any atom is -0.392 e. The van der Waals surface area contributed by atoms with Crippen molar-refractivity contribution in [1.82, 2.24) is 20.1 Å². The molecule has 2 N–H and O–H groups in total. The zero-order valence-corrected chi connectivity index (χ0v) is 8.94. The number of aliphatic hydroxyl groups is 1. The molecule has 5 nitrogen and oxygen atoms in total. The lowest BCUT2D eigenvalue weighted by Gasteiger charge is -2.14. The van der Waals surface area contributed by atoms with Crippen LogP contribution >= 0.6 is 0 Å². The average Bonchev–Trinajstić information content (AvgIpc) is 2.51. The molecule has 0 saturated carbocycles. The molecule has 0 aliphatic carbocycles. The summed E-state index contributed by atoms with van der Waals surface area (Å²) < 4.78 is 1.86. The zero-order chi connectivity index (χ0) is 10.6. The molecule has 1 atom stereocenters. The Morgan fingerprint density at radius 3 is 2.79 bits per heavy atom. The van der Waals surface area contributed by atoms with Crippen molar-refractivity contribution in [3.05, 3.63) is 12.2 Å². The second kappa shape index (κ2) is 5.07. The Labute approximate surface area is 84.2 Å². The normalized spacial score (nSPS) is 13.5. The van der Waals surface area contributed by atoms with E-state index in [1.165, 1.54) is 0 Å². The van der Waals surface area contributed by atoms with Crippen molar-refractivity contribution >= 4 is 0 Å². The molecule has 1 heterocycles. The monoisotopic (exact) mass is 198 g/mol. The molecule has 0 fully saturated rings. The van der Waals surface area contributed by atoms with Crippen LogP contribution in [-0.4, -0.2) is 32.5 Å². The summed E-state index contributed by atoms with van der Waals surface area (Å²) in [6, 6.07) is 0. The van der Waals surface area contributed by atoms with E-state index in [1.807, 2.05) is 25.5 Å². The molecule has 0 amide bonds. The molecule has 5 heteroatoms. The summed E-state index contributed by atoms with van der Waals surface area (Å²) in [4.78, 5) is 0. The second-order valence-electron chi connectivity index (χ2n) is 3.80. The third-order valence-corrected chi connectivity index (χ3v) is 2.21. The molecule has 1 rings (SSSR count). The molecule has 1 aromatic rings. The molecule has 0 aliphatic rings. The van der Waals surface area contributed by atoms with Gasteiger partial charge in [0.25, 0.3) is 0 Å². The van der Waals surface area contributed by atoms with Gasteiger partial charge in [-0.05, 0) is 5.92 Å². The molecular formula is C9H18N4O. The van der Waals surface area contributed by atoms with Gasteiger partial charge in [-0.3, -0.25) is 0 Å². The van der Waals surface area contributed by atoms with Gasteiger partial charge in [-0.2, -0.15) is 0 Å². The molecule has 1 aromatic heterocycles. The van der Waals surface area contributed by atoms with E-state index in [-0.39, 0.29) is 12.0 Å². The molecule has 0 aromatic carbocycles. The summed E-state index contributed by atoms with van der Waals surface area (Å²) in [6.07, 6.45) is 1.36. The number of rotatable bonds is 5. The van der Waals surface area contributed by atoms with Crippen LogP contribution in [-0.2, 0) is 13.6 Å². The van der Waals surface area contributed by atoms with E-state index >= 15 is 0 Å². The maximum absolute atomic E-state index is 9.52. The molecule has 14 heavy (non-hydrogen) atoms. The number of hydrogen-bond donors (Lipinski definition) is 2. The summed E-state index contributed by atoms with van der Waals surface area (Å²) in [7, 11) is 1.90. The maximum atomic E-state index is 9.52. The molecule has 0 spiro atoms. The van der Waals surface area contributed by atoms with Crippen LogP contribution in [0.2, 0.25) is 0 Å². The van der Waals surface area contributed by atoms with E-state index in [2.05, 4.69) is 15.5 Å². The summed E-state index contributed by atoms with van der Waals surface area (Å²) in [6.45, 7) is 5.22. The first-order valence-corrected chi connectivity index (χ1v) is 4.83. The van der Waals surface area contributed by atoms with E-state index < -0.39 is 0 Å². The predicted octanol–water partition coefficient (Wildman–Crippen LogP) is -0.0784. The first-order valence-electron chi connectivity index (χ1n) is 4.83. The highest BCUT2D eigenvalue weighted by molar-refractivity contribution is 4.83. The minimum absolute atomic E-state index is 0.280. The molecular weight excluding hydrogens is 180 g/mol. The Morgan fingerprint density at radius 1 is 1.57 bits per heavy atom. The Hall–Kier alpha value is -0.940. The quantitative estimate of drug-likeness (QED) is 0.694. The first-order chi connectivity index (χ1) is 6.61. The summed E-state index contributed by atoms with van der Waals surface area (Å²) >= 11 is 0.